The van der Waals surface area contributed by atoms with Gasteiger partial charge in [0.1, 0.15) is 12.4 Å². The minimum Gasteiger partial charge on any atom is -0.496 e. The zero-order chi connectivity index (χ0) is 20.2. The van der Waals surface area contributed by atoms with Crippen molar-refractivity contribution in [1.29, 1.82) is 0 Å². The predicted molar refractivity (Wildman–Crippen MR) is 117 cm³/mol. The molecule has 3 aromatic carbocycles. The number of nitrogens with zero attached hydrogens (tertiary/aromatic N) is 1. The molecule has 4 nitrogen and oxygen atoms in total. The number of benzene rings is 3. The van der Waals surface area contributed by atoms with Crippen LogP contribution in [0.1, 0.15) is 29.2 Å². The van der Waals surface area contributed by atoms with Crippen molar-refractivity contribution in [1.82, 2.24) is 0 Å². The van der Waals surface area contributed by atoms with Crippen LogP contribution in [0.2, 0.25) is 0 Å². The molecule has 3 aromatic rings. The first-order chi connectivity index (χ1) is 14.2. The highest BCUT2D eigenvalue weighted by molar-refractivity contribution is 9.10. The van der Waals surface area contributed by atoms with Crippen LogP contribution in [0, 0.1) is 0 Å². The first-order valence-electron chi connectivity index (χ1n) is 9.59. The van der Waals surface area contributed by atoms with E-state index < -0.39 is 0 Å². The lowest BCUT2D eigenvalue weighted by atomic mass is 9.91. The molecule has 0 N–H and O–H groups in total. The molecular formula is C24H22BrNO3. The third kappa shape index (κ3) is 4.01. The van der Waals surface area contributed by atoms with Gasteiger partial charge in [-0.25, -0.2) is 4.79 Å². The first kappa shape index (κ1) is 19.5. The van der Waals surface area contributed by atoms with Gasteiger partial charge in [-0.15, -0.1) is 0 Å². The molecule has 0 spiro atoms. The number of fused-ring (bicyclic) bond motifs is 1. The van der Waals surface area contributed by atoms with E-state index >= 15 is 0 Å². The fourth-order valence-corrected chi connectivity index (χ4v) is 4.45. The predicted octanol–water partition coefficient (Wildman–Crippen LogP) is 6.29. The Hall–Kier alpha value is -2.79. The molecule has 0 aliphatic carbocycles. The van der Waals surface area contributed by atoms with Crippen molar-refractivity contribution in [3.05, 3.63) is 94.0 Å². The number of amides is 1. The molecule has 0 saturated heterocycles. The van der Waals surface area contributed by atoms with E-state index in [1.54, 1.807) is 12.0 Å². The van der Waals surface area contributed by atoms with Gasteiger partial charge in [0.25, 0.3) is 0 Å². The van der Waals surface area contributed by atoms with Gasteiger partial charge in [-0.1, -0.05) is 60.7 Å². The molecule has 0 bridgehead atoms. The molecule has 0 fully saturated rings. The number of hydrogen-bond donors (Lipinski definition) is 0. The molecular weight excluding hydrogens is 430 g/mol. The molecule has 1 aliphatic rings. The van der Waals surface area contributed by atoms with Gasteiger partial charge in [0, 0.05) is 10.0 Å². The van der Waals surface area contributed by atoms with Crippen LogP contribution in [0.15, 0.2) is 77.3 Å². The van der Waals surface area contributed by atoms with Gasteiger partial charge in [0.05, 0.1) is 18.8 Å². The number of para-hydroxylation sites is 2. The van der Waals surface area contributed by atoms with Crippen molar-refractivity contribution in [3.63, 3.8) is 0 Å². The number of hydrogen-bond acceptors (Lipinski definition) is 3. The molecule has 1 heterocycles. The zero-order valence-corrected chi connectivity index (χ0v) is 17.8. The third-order valence-electron chi connectivity index (χ3n) is 5.21. The van der Waals surface area contributed by atoms with Gasteiger partial charge in [-0.05, 0) is 52.0 Å². The second kappa shape index (κ2) is 8.70. The van der Waals surface area contributed by atoms with Crippen LogP contribution in [0.4, 0.5) is 10.5 Å². The maximum atomic E-state index is 13.3. The Kier molecular flexibility index (Phi) is 5.86. The van der Waals surface area contributed by atoms with Gasteiger partial charge in [-0.2, -0.15) is 0 Å². The molecule has 148 valence electrons. The zero-order valence-electron chi connectivity index (χ0n) is 16.2. The van der Waals surface area contributed by atoms with Gasteiger partial charge < -0.3 is 9.47 Å². The van der Waals surface area contributed by atoms with Crippen LogP contribution < -0.4 is 9.64 Å². The Morgan fingerprint density at radius 1 is 1.03 bits per heavy atom. The van der Waals surface area contributed by atoms with E-state index in [1.807, 2.05) is 66.7 Å². The molecule has 5 heteroatoms. The Balaban J connectivity index is 1.71. The minimum absolute atomic E-state index is 0.166. The molecule has 0 radical (unpaired) electrons. The number of rotatable bonds is 4. The molecule has 1 atom stereocenters. The monoisotopic (exact) mass is 451 g/mol. The number of carbonyl (C=O) groups is 1. The van der Waals surface area contributed by atoms with Crippen LogP contribution in [-0.4, -0.2) is 13.2 Å². The highest BCUT2D eigenvalue weighted by atomic mass is 79.9. The Morgan fingerprint density at radius 3 is 2.59 bits per heavy atom. The summed E-state index contributed by atoms with van der Waals surface area (Å²) in [6.07, 6.45) is 1.31. The summed E-state index contributed by atoms with van der Waals surface area (Å²) in [5, 5.41) is 0. The number of aryl methyl sites for hydroxylation is 1. The van der Waals surface area contributed by atoms with Crippen LogP contribution in [0.3, 0.4) is 0 Å². The third-order valence-corrected chi connectivity index (χ3v) is 5.85. The van der Waals surface area contributed by atoms with Crippen LogP contribution in [0.25, 0.3) is 0 Å². The van der Waals surface area contributed by atoms with Crippen LogP contribution in [-0.2, 0) is 17.8 Å². The molecule has 4 rings (SSSR count). The molecule has 0 aromatic heterocycles. The van der Waals surface area contributed by atoms with E-state index in [4.69, 9.17) is 9.47 Å². The summed E-state index contributed by atoms with van der Waals surface area (Å²) in [5.74, 6) is 0.772. The Morgan fingerprint density at radius 2 is 1.79 bits per heavy atom. The highest BCUT2D eigenvalue weighted by Gasteiger charge is 2.36. The van der Waals surface area contributed by atoms with E-state index in [2.05, 4.69) is 22.0 Å². The van der Waals surface area contributed by atoms with E-state index in [9.17, 15) is 4.79 Å². The summed E-state index contributed by atoms with van der Waals surface area (Å²) in [6, 6.07) is 23.4. The molecule has 1 amide bonds. The summed E-state index contributed by atoms with van der Waals surface area (Å²) >= 11 is 3.64. The smallest absolute Gasteiger partial charge is 0.415 e. The standard InChI is InChI=1S/C24H22BrNO3/c1-28-22-13-6-5-11-19(22)21-15-14-18-10-7-12-20(25)23(18)26(21)24(27)29-16-17-8-3-2-4-9-17/h2-13,21H,14-16H2,1H3. The minimum atomic E-state index is -0.363. The lowest BCUT2D eigenvalue weighted by Gasteiger charge is -2.37. The SMILES string of the molecule is COc1ccccc1C1CCc2cccc(Br)c2N1C(=O)OCc1ccccc1. The largest absolute Gasteiger partial charge is 0.496 e. The molecule has 1 aliphatic heterocycles. The van der Waals surface area contributed by atoms with Gasteiger partial charge in [-0.3, -0.25) is 4.90 Å². The molecule has 29 heavy (non-hydrogen) atoms. The van der Waals surface area contributed by atoms with Crippen LogP contribution >= 0.6 is 15.9 Å². The van der Waals surface area contributed by atoms with Crippen molar-refractivity contribution < 1.29 is 14.3 Å². The van der Waals surface area contributed by atoms with E-state index in [0.717, 1.165) is 45.4 Å². The Labute approximate surface area is 179 Å². The topological polar surface area (TPSA) is 38.8 Å². The number of ether oxygens (including phenoxy) is 2. The summed E-state index contributed by atoms with van der Waals surface area (Å²) < 4.78 is 12.2. The van der Waals surface area contributed by atoms with Crippen LogP contribution in [0.5, 0.6) is 5.75 Å². The fourth-order valence-electron chi connectivity index (χ4n) is 3.85. The summed E-state index contributed by atoms with van der Waals surface area (Å²) in [7, 11) is 1.66. The number of halogens is 1. The maximum absolute atomic E-state index is 13.3. The van der Waals surface area contributed by atoms with Crippen molar-refractivity contribution in [2.24, 2.45) is 0 Å². The summed E-state index contributed by atoms with van der Waals surface area (Å²) in [6.45, 7) is 0.231. The normalized spacial score (nSPS) is 15.5. The summed E-state index contributed by atoms with van der Waals surface area (Å²) in [5.41, 5.74) is 3.93. The van der Waals surface area contributed by atoms with Crippen molar-refractivity contribution in [3.8, 4) is 5.75 Å². The van der Waals surface area contributed by atoms with E-state index in [-0.39, 0.29) is 18.7 Å². The molecule has 1 unspecified atom stereocenters. The number of carbonyl (C=O) groups excluding carboxylic acids is 1. The van der Waals surface area contributed by atoms with Gasteiger partial charge in [0.15, 0.2) is 0 Å². The second-order valence-electron chi connectivity index (χ2n) is 6.95. The van der Waals surface area contributed by atoms with E-state index in [0.29, 0.717) is 0 Å². The lowest BCUT2D eigenvalue weighted by molar-refractivity contribution is 0.143. The fraction of sp³-hybridized carbons (Fsp3) is 0.208. The maximum Gasteiger partial charge on any atom is 0.415 e. The van der Waals surface area contributed by atoms with Crippen molar-refractivity contribution in [2.75, 3.05) is 12.0 Å². The second-order valence-corrected chi connectivity index (χ2v) is 7.81. The number of methoxy groups -OCH3 is 1. The van der Waals surface area contributed by atoms with E-state index in [1.165, 1.54) is 0 Å². The van der Waals surface area contributed by atoms with Gasteiger partial charge >= 0.3 is 6.09 Å². The Bertz CT molecular complexity index is 1010. The average molecular weight is 452 g/mol. The number of anilines is 1. The quantitative estimate of drug-likeness (QED) is 0.467. The van der Waals surface area contributed by atoms with Crippen molar-refractivity contribution in [2.45, 2.75) is 25.5 Å². The first-order valence-corrected chi connectivity index (χ1v) is 10.4. The highest BCUT2D eigenvalue weighted by Crippen LogP contribution is 2.45. The molecule has 0 saturated carbocycles. The summed E-state index contributed by atoms with van der Waals surface area (Å²) in [4.78, 5) is 15.1. The lowest BCUT2D eigenvalue weighted by Crippen LogP contribution is -2.39. The average Bonchev–Trinajstić information content (AvgIpc) is 2.77. The van der Waals surface area contributed by atoms with Crippen molar-refractivity contribution >= 4 is 27.7 Å². The van der Waals surface area contributed by atoms with Gasteiger partial charge in [0.2, 0.25) is 0 Å².